The number of ether oxygens (including phenoxy) is 1. The zero-order valence-corrected chi connectivity index (χ0v) is 14.9. The van der Waals surface area contributed by atoms with Gasteiger partial charge in [-0.3, -0.25) is 4.99 Å². The Morgan fingerprint density at radius 3 is 2.76 bits per heavy atom. The van der Waals surface area contributed by atoms with E-state index in [0.717, 1.165) is 35.1 Å². The molecule has 1 N–H and O–H groups in total. The monoisotopic (exact) mass is 326 g/mol. The van der Waals surface area contributed by atoms with Gasteiger partial charge in [0.2, 0.25) is 0 Å². The molecule has 1 aromatic carbocycles. The average molecular weight is 327 g/mol. The number of aryl methyl sites for hydroxylation is 1. The Kier molecular flexibility index (Phi) is 5.10. The van der Waals surface area contributed by atoms with E-state index in [1.165, 1.54) is 0 Å². The fraction of sp³-hybridized carbons (Fsp3) is 0.562. The van der Waals surface area contributed by atoms with Crippen LogP contribution in [0.25, 0.3) is 0 Å². The first-order valence-electron chi connectivity index (χ1n) is 7.11. The first kappa shape index (κ1) is 16.5. The van der Waals surface area contributed by atoms with Gasteiger partial charge in [0.05, 0.1) is 19.3 Å². The van der Waals surface area contributed by atoms with Crippen LogP contribution in [0.2, 0.25) is 5.02 Å². The SMILES string of the molecule is COc1cc(Cl)c(C)cc1NC1=NCC(CC(C)(C)C)S1. The minimum atomic E-state index is 0.331. The molecule has 5 heteroatoms. The van der Waals surface area contributed by atoms with Crippen molar-refractivity contribution in [2.75, 3.05) is 19.0 Å². The summed E-state index contributed by atoms with van der Waals surface area (Å²) in [4.78, 5) is 4.60. The van der Waals surface area contributed by atoms with Crippen molar-refractivity contribution >= 4 is 34.2 Å². The number of hydrogen-bond acceptors (Lipinski definition) is 4. The highest BCUT2D eigenvalue weighted by molar-refractivity contribution is 8.15. The third-order valence-corrected chi connectivity index (χ3v) is 4.79. The maximum atomic E-state index is 6.13. The van der Waals surface area contributed by atoms with E-state index >= 15 is 0 Å². The normalized spacial score (nSPS) is 18.6. The zero-order chi connectivity index (χ0) is 15.6. The second kappa shape index (κ2) is 6.49. The number of thioether (sulfide) groups is 1. The van der Waals surface area contributed by atoms with Crippen molar-refractivity contribution < 1.29 is 4.74 Å². The van der Waals surface area contributed by atoms with E-state index in [0.29, 0.717) is 15.7 Å². The van der Waals surface area contributed by atoms with E-state index in [2.05, 4.69) is 31.1 Å². The molecule has 0 amide bonds. The number of benzene rings is 1. The lowest BCUT2D eigenvalue weighted by molar-refractivity contribution is 0.375. The van der Waals surface area contributed by atoms with Gasteiger partial charge in [-0.2, -0.15) is 0 Å². The van der Waals surface area contributed by atoms with Gasteiger partial charge in [-0.05, 0) is 30.4 Å². The van der Waals surface area contributed by atoms with Gasteiger partial charge in [-0.1, -0.05) is 44.1 Å². The highest BCUT2D eigenvalue weighted by Crippen LogP contribution is 2.35. The molecule has 0 saturated carbocycles. The summed E-state index contributed by atoms with van der Waals surface area (Å²) in [5.41, 5.74) is 2.27. The Balaban J connectivity index is 2.05. The number of anilines is 1. The molecule has 1 heterocycles. The van der Waals surface area contributed by atoms with Crippen LogP contribution in [0.4, 0.5) is 5.69 Å². The first-order chi connectivity index (χ1) is 9.78. The minimum absolute atomic E-state index is 0.331. The molecule has 1 aliphatic heterocycles. The predicted octanol–water partition coefficient (Wildman–Crippen LogP) is 4.98. The van der Waals surface area contributed by atoms with E-state index in [1.54, 1.807) is 7.11 Å². The van der Waals surface area contributed by atoms with Crippen molar-refractivity contribution in [3.63, 3.8) is 0 Å². The highest BCUT2D eigenvalue weighted by atomic mass is 35.5. The van der Waals surface area contributed by atoms with Crippen molar-refractivity contribution in [2.45, 2.75) is 39.4 Å². The number of nitrogens with zero attached hydrogens (tertiary/aromatic N) is 1. The summed E-state index contributed by atoms with van der Waals surface area (Å²) in [6.45, 7) is 9.66. The van der Waals surface area contributed by atoms with Crippen LogP contribution in [0.5, 0.6) is 5.75 Å². The Bertz CT molecular complexity index is 552. The topological polar surface area (TPSA) is 33.6 Å². The molecule has 1 atom stereocenters. The molecule has 0 fully saturated rings. The molecule has 1 aliphatic rings. The van der Waals surface area contributed by atoms with Crippen LogP contribution in [-0.4, -0.2) is 24.1 Å². The molecule has 0 bridgehead atoms. The molecule has 1 unspecified atom stereocenters. The van der Waals surface area contributed by atoms with Crippen molar-refractivity contribution in [3.8, 4) is 5.75 Å². The van der Waals surface area contributed by atoms with Gasteiger partial charge in [0.25, 0.3) is 0 Å². The van der Waals surface area contributed by atoms with E-state index in [-0.39, 0.29) is 0 Å². The molecule has 21 heavy (non-hydrogen) atoms. The van der Waals surface area contributed by atoms with Crippen LogP contribution in [0.3, 0.4) is 0 Å². The van der Waals surface area contributed by atoms with Crippen molar-refractivity contribution in [1.29, 1.82) is 0 Å². The number of methoxy groups -OCH3 is 1. The Hall–Kier alpha value is -0.870. The van der Waals surface area contributed by atoms with E-state index in [4.69, 9.17) is 16.3 Å². The third kappa shape index (κ3) is 4.55. The number of amidine groups is 1. The van der Waals surface area contributed by atoms with Gasteiger partial charge in [-0.15, -0.1) is 0 Å². The first-order valence-corrected chi connectivity index (χ1v) is 8.36. The molecule has 0 saturated heterocycles. The maximum Gasteiger partial charge on any atom is 0.161 e. The molecule has 0 aromatic heterocycles. The number of nitrogens with one attached hydrogen (secondary N) is 1. The van der Waals surface area contributed by atoms with Gasteiger partial charge < -0.3 is 10.1 Å². The summed E-state index contributed by atoms with van der Waals surface area (Å²) in [6, 6.07) is 3.84. The van der Waals surface area contributed by atoms with Gasteiger partial charge in [0.1, 0.15) is 5.75 Å². The predicted molar refractivity (Wildman–Crippen MR) is 94.1 cm³/mol. The summed E-state index contributed by atoms with van der Waals surface area (Å²) >= 11 is 7.95. The molecule has 1 aromatic rings. The quantitative estimate of drug-likeness (QED) is 0.850. The molecule has 116 valence electrons. The second-order valence-electron chi connectivity index (χ2n) is 6.58. The van der Waals surface area contributed by atoms with E-state index < -0.39 is 0 Å². The lowest BCUT2D eigenvalue weighted by Gasteiger charge is -2.21. The van der Waals surface area contributed by atoms with Gasteiger partial charge in [0.15, 0.2) is 5.17 Å². The van der Waals surface area contributed by atoms with E-state index in [1.807, 2.05) is 30.8 Å². The molecular formula is C16H23ClN2OS. The standard InChI is InChI=1S/C16H23ClN2OS/c1-10-6-13(14(20-5)7-12(10)17)19-15-18-9-11(21-15)8-16(2,3)4/h6-7,11H,8-9H2,1-5H3,(H,18,19). The summed E-state index contributed by atoms with van der Waals surface area (Å²) in [5.74, 6) is 0.744. The largest absolute Gasteiger partial charge is 0.495 e. The Morgan fingerprint density at radius 1 is 1.43 bits per heavy atom. The Morgan fingerprint density at radius 2 is 2.14 bits per heavy atom. The van der Waals surface area contributed by atoms with Gasteiger partial charge in [0, 0.05) is 16.3 Å². The van der Waals surface area contributed by atoms with Crippen LogP contribution < -0.4 is 10.1 Å². The average Bonchev–Trinajstić information content (AvgIpc) is 2.78. The third-order valence-electron chi connectivity index (χ3n) is 3.28. The zero-order valence-electron chi connectivity index (χ0n) is 13.3. The fourth-order valence-corrected chi connectivity index (χ4v) is 3.84. The lowest BCUT2D eigenvalue weighted by atomic mass is 9.90. The minimum Gasteiger partial charge on any atom is -0.495 e. The molecule has 3 nitrogen and oxygen atoms in total. The summed E-state index contributed by atoms with van der Waals surface area (Å²) in [5, 5.41) is 5.60. The van der Waals surface area contributed by atoms with Crippen molar-refractivity contribution in [1.82, 2.24) is 0 Å². The smallest absolute Gasteiger partial charge is 0.161 e. The summed E-state index contributed by atoms with van der Waals surface area (Å²) < 4.78 is 5.39. The molecule has 0 spiro atoms. The fourth-order valence-electron chi connectivity index (χ4n) is 2.32. The van der Waals surface area contributed by atoms with Gasteiger partial charge >= 0.3 is 0 Å². The number of aliphatic imine (C=N–C) groups is 1. The maximum absolute atomic E-state index is 6.13. The van der Waals surface area contributed by atoms with Crippen molar-refractivity contribution in [3.05, 3.63) is 22.7 Å². The highest BCUT2D eigenvalue weighted by Gasteiger charge is 2.25. The number of hydrogen-bond donors (Lipinski definition) is 1. The van der Waals surface area contributed by atoms with Crippen LogP contribution in [0.1, 0.15) is 32.8 Å². The summed E-state index contributed by atoms with van der Waals surface area (Å²) in [6.07, 6.45) is 1.16. The Labute approximate surface area is 136 Å². The van der Waals surface area contributed by atoms with Crippen LogP contribution >= 0.6 is 23.4 Å². The summed E-state index contributed by atoms with van der Waals surface area (Å²) in [7, 11) is 1.65. The van der Waals surface area contributed by atoms with Crippen LogP contribution in [-0.2, 0) is 0 Å². The van der Waals surface area contributed by atoms with Crippen LogP contribution in [0.15, 0.2) is 17.1 Å². The lowest BCUT2D eigenvalue weighted by Crippen LogP contribution is -2.16. The molecule has 0 aliphatic carbocycles. The molecule has 2 rings (SSSR count). The van der Waals surface area contributed by atoms with E-state index in [9.17, 15) is 0 Å². The second-order valence-corrected chi connectivity index (χ2v) is 8.27. The van der Waals surface area contributed by atoms with Gasteiger partial charge in [-0.25, -0.2) is 0 Å². The van der Waals surface area contributed by atoms with Crippen LogP contribution in [0, 0.1) is 12.3 Å². The number of rotatable bonds is 3. The molecule has 0 radical (unpaired) electrons. The number of halogens is 1. The van der Waals surface area contributed by atoms with Crippen molar-refractivity contribution in [2.24, 2.45) is 10.4 Å². The molecular weight excluding hydrogens is 304 g/mol.